The minimum Gasteiger partial charge on any atom is -0.444 e. The zero-order valence-electron chi connectivity index (χ0n) is 20.0. The van der Waals surface area contributed by atoms with E-state index in [1.54, 1.807) is 35.5 Å². The van der Waals surface area contributed by atoms with Gasteiger partial charge in [0.2, 0.25) is 0 Å². The number of hydrogen-bond acceptors (Lipinski definition) is 5. The van der Waals surface area contributed by atoms with Gasteiger partial charge in [-0.3, -0.25) is 0 Å². The number of H-pyrrole nitrogens is 1. The van der Waals surface area contributed by atoms with Gasteiger partial charge in [0.05, 0.1) is 22.6 Å². The maximum atomic E-state index is 12.5. The molecule has 0 bridgehead atoms. The molecular weight excluding hydrogens is 491 g/mol. The van der Waals surface area contributed by atoms with Crippen LogP contribution in [0, 0.1) is 0 Å². The molecule has 1 atom stereocenters. The van der Waals surface area contributed by atoms with E-state index in [4.69, 9.17) is 27.9 Å². The van der Waals surface area contributed by atoms with Gasteiger partial charge in [0, 0.05) is 47.8 Å². The number of hydrogen-bond donors (Lipinski definition) is 3. The van der Waals surface area contributed by atoms with Crippen LogP contribution in [0.5, 0.6) is 0 Å². The Kier molecular flexibility index (Phi) is 7.00. The Hall–Kier alpha value is -3.17. The molecule has 35 heavy (non-hydrogen) atoms. The van der Waals surface area contributed by atoms with Crippen LogP contribution in [0.15, 0.2) is 36.7 Å². The smallest absolute Gasteiger partial charge is 0.410 e. The number of benzene rings is 1. The van der Waals surface area contributed by atoms with E-state index in [9.17, 15) is 9.59 Å². The van der Waals surface area contributed by atoms with Crippen LogP contribution in [0.2, 0.25) is 10.0 Å². The van der Waals surface area contributed by atoms with Crippen molar-refractivity contribution in [3.05, 3.63) is 46.7 Å². The first kappa shape index (κ1) is 24.9. The molecule has 1 aliphatic heterocycles. The second-order valence-corrected chi connectivity index (χ2v) is 10.3. The van der Waals surface area contributed by atoms with Crippen LogP contribution in [0.1, 0.15) is 27.7 Å². The van der Waals surface area contributed by atoms with Crippen molar-refractivity contribution in [3.63, 3.8) is 0 Å². The number of fused-ring (bicyclic) bond motifs is 1. The Bertz CT molecular complexity index is 1260. The number of pyridine rings is 1. The molecule has 1 fully saturated rings. The summed E-state index contributed by atoms with van der Waals surface area (Å²) in [5.41, 5.74) is 1.37. The predicted octanol–water partition coefficient (Wildman–Crippen LogP) is 5.96. The molecule has 4 rings (SSSR count). The van der Waals surface area contributed by atoms with Crippen LogP contribution in [-0.2, 0) is 4.74 Å². The summed E-state index contributed by atoms with van der Waals surface area (Å²) in [5.74, 6) is 0.597. The fraction of sp³-hybridized carbons (Fsp3) is 0.375. The lowest BCUT2D eigenvalue weighted by Gasteiger charge is -2.40. The van der Waals surface area contributed by atoms with E-state index in [1.165, 1.54) is 0 Å². The number of aromatic amines is 1. The van der Waals surface area contributed by atoms with Gasteiger partial charge in [0.15, 0.2) is 0 Å². The second kappa shape index (κ2) is 9.83. The summed E-state index contributed by atoms with van der Waals surface area (Å²) in [4.78, 5) is 36.3. The Morgan fingerprint density at radius 2 is 1.94 bits per heavy atom. The number of urea groups is 1. The van der Waals surface area contributed by atoms with Crippen LogP contribution in [-0.4, -0.2) is 58.3 Å². The van der Waals surface area contributed by atoms with Crippen molar-refractivity contribution >= 4 is 63.4 Å². The summed E-state index contributed by atoms with van der Waals surface area (Å²) in [6.07, 6.45) is 2.93. The highest BCUT2D eigenvalue weighted by Crippen LogP contribution is 2.29. The normalized spacial score (nSPS) is 16.3. The largest absolute Gasteiger partial charge is 0.444 e. The topological polar surface area (TPSA) is 103 Å². The average Bonchev–Trinajstić information content (AvgIpc) is 3.14. The van der Waals surface area contributed by atoms with E-state index < -0.39 is 11.6 Å². The Morgan fingerprint density at radius 1 is 1.17 bits per heavy atom. The molecule has 1 saturated heterocycles. The molecule has 3 aromatic rings. The minimum absolute atomic E-state index is 0.0790. The zero-order valence-corrected chi connectivity index (χ0v) is 21.5. The summed E-state index contributed by atoms with van der Waals surface area (Å²) in [7, 11) is 0. The molecule has 0 spiro atoms. The maximum absolute atomic E-state index is 12.5. The molecule has 11 heteroatoms. The molecule has 3 N–H and O–H groups in total. The summed E-state index contributed by atoms with van der Waals surface area (Å²) < 4.78 is 5.50. The molecule has 0 aliphatic carbocycles. The SMILES string of the molecule is C[C@@H]1CN(c2ncc(NC(=O)Nc3c[nH]c4ccc(Cl)cc34)cc2Cl)CCN1C(=O)OC(C)(C)C. The number of nitrogens with one attached hydrogen (secondary N) is 3. The summed E-state index contributed by atoms with van der Waals surface area (Å²) in [5, 5.41) is 7.34. The molecule has 186 valence electrons. The molecule has 3 amide bonds. The van der Waals surface area contributed by atoms with Crippen molar-refractivity contribution in [2.75, 3.05) is 35.2 Å². The van der Waals surface area contributed by atoms with Gasteiger partial charge in [-0.25, -0.2) is 14.6 Å². The number of anilines is 3. The van der Waals surface area contributed by atoms with E-state index in [-0.39, 0.29) is 12.1 Å². The average molecular weight is 519 g/mol. The highest BCUT2D eigenvalue weighted by molar-refractivity contribution is 6.33. The number of amides is 3. The molecular formula is C24H28Cl2N6O3. The molecule has 0 unspecified atom stereocenters. The van der Waals surface area contributed by atoms with Crippen LogP contribution in [0.4, 0.5) is 26.8 Å². The van der Waals surface area contributed by atoms with Gasteiger partial charge in [0.1, 0.15) is 11.4 Å². The number of carbonyl (C=O) groups excluding carboxylic acids is 2. The molecule has 0 radical (unpaired) electrons. The molecule has 3 heterocycles. The van der Waals surface area contributed by atoms with E-state index in [2.05, 4.69) is 20.6 Å². The van der Waals surface area contributed by atoms with E-state index in [1.807, 2.05) is 38.7 Å². The van der Waals surface area contributed by atoms with E-state index in [0.717, 1.165) is 10.9 Å². The maximum Gasteiger partial charge on any atom is 0.410 e. The zero-order chi connectivity index (χ0) is 25.3. The predicted molar refractivity (Wildman–Crippen MR) is 140 cm³/mol. The van der Waals surface area contributed by atoms with E-state index in [0.29, 0.717) is 46.9 Å². The number of aromatic nitrogens is 2. The first-order valence-electron chi connectivity index (χ1n) is 11.2. The van der Waals surface area contributed by atoms with Crippen molar-refractivity contribution in [1.82, 2.24) is 14.9 Å². The van der Waals surface area contributed by atoms with Gasteiger partial charge in [-0.2, -0.15) is 0 Å². The highest BCUT2D eigenvalue weighted by Gasteiger charge is 2.32. The molecule has 9 nitrogen and oxygen atoms in total. The van der Waals surface area contributed by atoms with Gasteiger partial charge in [-0.15, -0.1) is 0 Å². The van der Waals surface area contributed by atoms with Crippen LogP contribution in [0.25, 0.3) is 10.9 Å². The van der Waals surface area contributed by atoms with E-state index >= 15 is 0 Å². The van der Waals surface area contributed by atoms with Gasteiger partial charge >= 0.3 is 12.1 Å². The Balaban J connectivity index is 1.38. The number of piperazine rings is 1. The standard InChI is InChI=1S/C24H28Cl2N6O3/c1-14-13-31(7-8-32(14)23(34)35-24(2,3)4)21-18(26)10-16(11-28-21)29-22(33)30-20-12-27-19-6-5-15(25)9-17(19)20/h5-6,9-12,14,27H,7-8,13H2,1-4H3,(H2,29,30,33)/t14-/m1/s1. The molecule has 0 saturated carbocycles. The monoisotopic (exact) mass is 518 g/mol. The van der Waals surface area contributed by atoms with Crippen molar-refractivity contribution in [2.24, 2.45) is 0 Å². The summed E-state index contributed by atoms with van der Waals surface area (Å²) in [6, 6.07) is 6.54. The van der Waals surface area contributed by atoms with Gasteiger partial charge in [-0.05, 0) is 52.0 Å². The third-order valence-corrected chi connectivity index (χ3v) is 6.04. The van der Waals surface area contributed by atoms with Crippen molar-refractivity contribution in [3.8, 4) is 0 Å². The first-order valence-corrected chi connectivity index (χ1v) is 12.0. The van der Waals surface area contributed by atoms with Gasteiger partial charge < -0.3 is 30.2 Å². The highest BCUT2D eigenvalue weighted by atomic mass is 35.5. The van der Waals surface area contributed by atoms with Gasteiger partial charge in [0.25, 0.3) is 0 Å². The minimum atomic E-state index is -0.546. The second-order valence-electron chi connectivity index (χ2n) is 9.47. The molecule has 1 aliphatic rings. The lowest BCUT2D eigenvalue weighted by Crippen LogP contribution is -2.55. The number of halogens is 2. The third kappa shape index (κ3) is 5.91. The van der Waals surface area contributed by atoms with Crippen molar-refractivity contribution in [2.45, 2.75) is 39.3 Å². The number of ether oxygens (including phenoxy) is 1. The van der Waals surface area contributed by atoms with Gasteiger partial charge in [-0.1, -0.05) is 23.2 Å². The molecule has 1 aromatic carbocycles. The lowest BCUT2D eigenvalue weighted by molar-refractivity contribution is 0.0158. The Morgan fingerprint density at radius 3 is 2.63 bits per heavy atom. The summed E-state index contributed by atoms with van der Waals surface area (Å²) >= 11 is 12.6. The lowest BCUT2D eigenvalue weighted by atomic mass is 10.2. The van der Waals surface area contributed by atoms with Crippen molar-refractivity contribution in [1.29, 1.82) is 0 Å². The summed E-state index contributed by atoms with van der Waals surface area (Å²) in [6.45, 7) is 9.12. The molecule has 2 aromatic heterocycles. The number of nitrogens with zero attached hydrogens (tertiary/aromatic N) is 3. The van der Waals surface area contributed by atoms with Crippen molar-refractivity contribution < 1.29 is 14.3 Å². The van der Waals surface area contributed by atoms with Crippen LogP contribution in [0.3, 0.4) is 0 Å². The third-order valence-electron chi connectivity index (χ3n) is 5.53. The Labute approximate surface area is 213 Å². The first-order chi connectivity index (χ1) is 16.5. The van der Waals surface area contributed by atoms with Crippen LogP contribution < -0.4 is 15.5 Å². The quantitative estimate of drug-likeness (QED) is 0.396. The number of carbonyl (C=O) groups is 2. The number of rotatable bonds is 3. The fourth-order valence-corrected chi connectivity index (χ4v) is 4.41. The van der Waals surface area contributed by atoms with Crippen LogP contribution >= 0.6 is 23.2 Å². The fourth-order valence-electron chi connectivity index (χ4n) is 3.95.